The maximum absolute atomic E-state index is 12.2. The number of nitrogens with zero attached hydrogens (tertiary/aromatic N) is 1. The van der Waals surface area contributed by atoms with Gasteiger partial charge in [0.25, 0.3) is 0 Å². The first-order valence-electron chi connectivity index (χ1n) is 12.2. The number of hydrogen-bond acceptors (Lipinski definition) is 3. The largest absolute Gasteiger partial charge is 1.00 e. The average Bonchev–Trinajstić information content (AvgIpc) is 2.97. The van der Waals surface area contributed by atoms with Gasteiger partial charge >= 0.3 is 5.97 Å². The lowest BCUT2D eigenvalue weighted by Gasteiger charge is -2.39. The van der Waals surface area contributed by atoms with Crippen LogP contribution in [0.4, 0.5) is 0 Å². The van der Waals surface area contributed by atoms with E-state index >= 15 is 0 Å². The second kappa shape index (κ2) is 12.2. The van der Waals surface area contributed by atoms with Crippen LogP contribution in [0.25, 0.3) is 0 Å². The Kier molecular flexibility index (Phi) is 11.3. The van der Waals surface area contributed by atoms with Gasteiger partial charge in [0.1, 0.15) is 6.54 Å². The van der Waals surface area contributed by atoms with Crippen LogP contribution in [0, 0.1) is 16.7 Å². The van der Waals surface area contributed by atoms with Crippen molar-refractivity contribution in [1.82, 2.24) is 0 Å². The minimum absolute atomic E-state index is 0. The van der Waals surface area contributed by atoms with E-state index in [0.717, 1.165) is 25.5 Å². The zero-order chi connectivity index (χ0) is 21.5. The van der Waals surface area contributed by atoms with Gasteiger partial charge in [-0.2, -0.15) is 0 Å². The SMILES string of the molecule is CCCCCCCCCOC(=O)C[N+](C)(C)CCOC1CC2CCC1(C)C2(C)C.[Br-]. The van der Waals surface area contributed by atoms with Gasteiger partial charge in [0.15, 0.2) is 6.54 Å². The number of unbranched alkanes of at least 4 members (excludes halogenated alkanes) is 6. The van der Waals surface area contributed by atoms with Crippen molar-refractivity contribution in [3.63, 3.8) is 0 Å². The summed E-state index contributed by atoms with van der Waals surface area (Å²) in [5.41, 5.74) is 0.701. The fraction of sp³-hybridized carbons (Fsp3) is 0.960. The van der Waals surface area contributed by atoms with Crippen molar-refractivity contribution in [2.75, 3.05) is 40.4 Å². The molecule has 0 aliphatic heterocycles. The number of likely N-dealkylation sites (N-methyl/N-ethyl adjacent to an activating group) is 1. The fourth-order valence-electron chi connectivity index (χ4n) is 5.54. The molecule has 0 aromatic heterocycles. The van der Waals surface area contributed by atoms with Crippen LogP contribution >= 0.6 is 0 Å². The molecule has 4 nitrogen and oxygen atoms in total. The van der Waals surface area contributed by atoms with E-state index in [0.29, 0.717) is 34.6 Å². The standard InChI is InChI=1S/C25H48NO3.BrH/c1-7-8-9-10-11-12-13-17-29-23(27)20-26(5,6)16-18-28-22-19-21-14-15-25(22,4)24(21,2)3;/h21-22H,7-20H2,1-6H3;1H/q+1;/p-1. The summed E-state index contributed by atoms with van der Waals surface area (Å²) in [5.74, 6) is 0.732. The minimum Gasteiger partial charge on any atom is -1.00 e. The molecule has 2 saturated carbocycles. The number of halogens is 1. The summed E-state index contributed by atoms with van der Waals surface area (Å²) in [4.78, 5) is 12.2. The topological polar surface area (TPSA) is 35.5 Å². The van der Waals surface area contributed by atoms with Gasteiger partial charge in [-0.15, -0.1) is 0 Å². The molecule has 0 aromatic carbocycles. The van der Waals surface area contributed by atoms with Crippen molar-refractivity contribution in [3.05, 3.63) is 0 Å². The number of hydrogen-bond donors (Lipinski definition) is 0. The highest BCUT2D eigenvalue weighted by molar-refractivity contribution is 5.70. The third-order valence-electron chi connectivity index (χ3n) is 8.30. The summed E-state index contributed by atoms with van der Waals surface area (Å²) in [6, 6.07) is 0. The fourth-order valence-corrected chi connectivity index (χ4v) is 5.54. The number of fused-ring (bicyclic) bond motifs is 2. The van der Waals surface area contributed by atoms with E-state index in [2.05, 4.69) is 41.8 Å². The maximum Gasteiger partial charge on any atom is 0.361 e. The van der Waals surface area contributed by atoms with Crippen LogP contribution in [0.5, 0.6) is 0 Å². The van der Waals surface area contributed by atoms with Crippen LogP contribution in [-0.2, 0) is 14.3 Å². The van der Waals surface area contributed by atoms with Gasteiger partial charge in [0, 0.05) is 0 Å². The Balaban J connectivity index is 0.00000450. The van der Waals surface area contributed by atoms with Crippen molar-refractivity contribution in [3.8, 4) is 0 Å². The number of rotatable bonds is 14. The van der Waals surface area contributed by atoms with Crippen LogP contribution in [0.3, 0.4) is 0 Å². The predicted octanol–water partition coefficient (Wildman–Crippen LogP) is 2.59. The number of ether oxygens (including phenoxy) is 2. The number of carbonyl (C=O) groups excluding carboxylic acids is 1. The van der Waals surface area contributed by atoms with Crippen LogP contribution in [-0.4, -0.2) is 57.0 Å². The highest BCUT2D eigenvalue weighted by Crippen LogP contribution is 2.66. The lowest BCUT2D eigenvalue weighted by molar-refractivity contribution is -0.883. The molecule has 0 heterocycles. The number of carbonyl (C=O) groups is 1. The Morgan fingerprint density at radius 1 is 1.00 bits per heavy atom. The summed E-state index contributed by atoms with van der Waals surface area (Å²) in [7, 11) is 4.20. The van der Waals surface area contributed by atoms with Crippen molar-refractivity contribution in [2.45, 2.75) is 98.0 Å². The summed E-state index contributed by atoms with van der Waals surface area (Å²) < 4.78 is 12.5. The highest BCUT2D eigenvalue weighted by Gasteiger charge is 2.61. The van der Waals surface area contributed by atoms with Gasteiger partial charge in [-0.1, -0.05) is 66.2 Å². The second-order valence-electron chi connectivity index (χ2n) is 11.1. The molecule has 2 bridgehead atoms. The van der Waals surface area contributed by atoms with Crippen molar-refractivity contribution in [1.29, 1.82) is 0 Å². The summed E-state index contributed by atoms with van der Waals surface area (Å²) in [5, 5.41) is 0. The molecule has 2 fully saturated rings. The van der Waals surface area contributed by atoms with E-state index in [-0.39, 0.29) is 23.0 Å². The Hall–Kier alpha value is -0.130. The van der Waals surface area contributed by atoms with Gasteiger partial charge in [0.05, 0.1) is 33.4 Å². The third kappa shape index (κ3) is 7.20. The van der Waals surface area contributed by atoms with Gasteiger partial charge in [-0.05, 0) is 42.4 Å². The Morgan fingerprint density at radius 2 is 1.63 bits per heavy atom. The summed E-state index contributed by atoms with van der Waals surface area (Å²) in [6.07, 6.45) is 12.9. The third-order valence-corrected chi connectivity index (χ3v) is 8.30. The van der Waals surface area contributed by atoms with E-state index in [1.54, 1.807) is 0 Å². The smallest absolute Gasteiger partial charge is 0.361 e. The van der Waals surface area contributed by atoms with Crippen LogP contribution < -0.4 is 17.0 Å². The van der Waals surface area contributed by atoms with E-state index < -0.39 is 0 Å². The molecule has 0 spiro atoms. The normalized spacial score (nSPS) is 27.1. The lowest BCUT2D eigenvalue weighted by Crippen LogP contribution is -3.00. The Morgan fingerprint density at radius 3 is 2.20 bits per heavy atom. The number of quaternary nitrogens is 1. The summed E-state index contributed by atoms with van der Waals surface area (Å²) in [6.45, 7) is 12.1. The molecule has 0 amide bonds. The molecular formula is C25H48BrNO3. The van der Waals surface area contributed by atoms with Crippen LogP contribution in [0.1, 0.15) is 91.9 Å². The van der Waals surface area contributed by atoms with Crippen molar-refractivity contribution >= 4 is 5.97 Å². The molecule has 178 valence electrons. The van der Waals surface area contributed by atoms with Crippen LogP contribution in [0.15, 0.2) is 0 Å². The quantitative estimate of drug-likeness (QED) is 0.213. The molecule has 3 atom stereocenters. The van der Waals surface area contributed by atoms with Gasteiger partial charge in [-0.3, -0.25) is 0 Å². The first kappa shape index (κ1) is 27.9. The van der Waals surface area contributed by atoms with Crippen molar-refractivity contribution < 1.29 is 35.7 Å². The number of esters is 1. The molecule has 0 aromatic rings. The van der Waals surface area contributed by atoms with E-state index in [4.69, 9.17) is 9.47 Å². The van der Waals surface area contributed by atoms with Crippen molar-refractivity contribution in [2.24, 2.45) is 16.7 Å². The first-order valence-corrected chi connectivity index (χ1v) is 12.2. The molecule has 2 aliphatic carbocycles. The lowest BCUT2D eigenvalue weighted by atomic mass is 9.70. The predicted molar refractivity (Wildman–Crippen MR) is 120 cm³/mol. The first-order chi connectivity index (χ1) is 13.6. The molecule has 2 aliphatic rings. The summed E-state index contributed by atoms with van der Waals surface area (Å²) >= 11 is 0. The molecule has 5 heteroatoms. The molecule has 0 saturated heterocycles. The zero-order valence-electron chi connectivity index (χ0n) is 20.6. The average molecular weight is 491 g/mol. The Bertz CT molecular complexity index is 523. The van der Waals surface area contributed by atoms with Gasteiger partial charge in [0.2, 0.25) is 0 Å². The second-order valence-corrected chi connectivity index (χ2v) is 11.1. The molecule has 30 heavy (non-hydrogen) atoms. The molecule has 3 unspecified atom stereocenters. The van der Waals surface area contributed by atoms with E-state index in [9.17, 15) is 4.79 Å². The maximum atomic E-state index is 12.2. The van der Waals surface area contributed by atoms with E-state index in [1.807, 2.05) is 0 Å². The zero-order valence-corrected chi connectivity index (χ0v) is 22.2. The molecule has 0 radical (unpaired) electrons. The van der Waals surface area contributed by atoms with Gasteiger partial charge in [-0.25, -0.2) is 4.79 Å². The molecule has 2 rings (SSSR count). The van der Waals surface area contributed by atoms with E-state index in [1.165, 1.54) is 57.8 Å². The monoisotopic (exact) mass is 489 g/mol. The molecular weight excluding hydrogens is 442 g/mol. The highest BCUT2D eigenvalue weighted by atomic mass is 79.9. The van der Waals surface area contributed by atoms with Gasteiger partial charge < -0.3 is 30.9 Å². The minimum atomic E-state index is -0.0750. The molecule has 0 N–H and O–H groups in total. The Labute approximate surface area is 196 Å². The van der Waals surface area contributed by atoms with Crippen LogP contribution in [0.2, 0.25) is 0 Å².